The highest BCUT2D eigenvalue weighted by atomic mass is 15.4. The minimum Gasteiger partial charge on any atom is -0.351 e. The third kappa shape index (κ3) is 1.82. The van der Waals surface area contributed by atoms with Gasteiger partial charge >= 0.3 is 0 Å². The lowest BCUT2D eigenvalue weighted by molar-refractivity contribution is 0.686. The molecule has 4 nitrogen and oxygen atoms in total. The van der Waals surface area contributed by atoms with Crippen molar-refractivity contribution in [1.29, 1.82) is 5.41 Å². The Balaban J connectivity index is 1.77. The molecule has 1 aliphatic rings. The molecule has 1 N–H and O–H groups in total. The zero-order valence-corrected chi connectivity index (χ0v) is 9.43. The molecule has 0 fully saturated rings. The Kier molecular flexibility index (Phi) is 2.40. The number of rotatable bonds is 3. The van der Waals surface area contributed by atoms with E-state index in [1.165, 1.54) is 11.4 Å². The number of benzene rings is 1. The Morgan fingerprint density at radius 2 is 2.00 bits per heavy atom. The SMILES string of the molecule is N=[C]c1ccc(CN2CCn3nccc32)cc1. The van der Waals surface area contributed by atoms with E-state index < -0.39 is 0 Å². The van der Waals surface area contributed by atoms with Crippen molar-refractivity contribution in [3.63, 3.8) is 0 Å². The van der Waals surface area contributed by atoms with Crippen LogP contribution in [0.4, 0.5) is 5.82 Å². The largest absolute Gasteiger partial charge is 0.351 e. The van der Waals surface area contributed by atoms with Gasteiger partial charge < -0.3 is 4.90 Å². The molecular weight excluding hydrogens is 212 g/mol. The van der Waals surface area contributed by atoms with Gasteiger partial charge in [-0.2, -0.15) is 5.10 Å². The fourth-order valence-electron chi connectivity index (χ4n) is 2.17. The summed E-state index contributed by atoms with van der Waals surface area (Å²) >= 11 is 0. The average molecular weight is 225 g/mol. The minimum absolute atomic E-state index is 0.820. The summed E-state index contributed by atoms with van der Waals surface area (Å²) < 4.78 is 2.03. The molecule has 0 saturated carbocycles. The highest BCUT2D eigenvalue weighted by Crippen LogP contribution is 2.21. The van der Waals surface area contributed by atoms with Gasteiger partial charge in [0, 0.05) is 24.7 Å². The number of anilines is 1. The second kappa shape index (κ2) is 4.05. The van der Waals surface area contributed by atoms with Gasteiger partial charge in [0.1, 0.15) is 5.82 Å². The van der Waals surface area contributed by atoms with E-state index in [0.29, 0.717) is 0 Å². The lowest BCUT2D eigenvalue weighted by Gasteiger charge is -2.16. The molecular formula is C13H13N4. The second-order valence-corrected chi connectivity index (χ2v) is 4.16. The molecule has 1 aromatic heterocycles. The van der Waals surface area contributed by atoms with Crippen molar-refractivity contribution >= 4 is 12.0 Å². The van der Waals surface area contributed by atoms with Crippen molar-refractivity contribution in [3.8, 4) is 0 Å². The van der Waals surface area contributed by atoms with Crippen molar-refractivity contribution in [2.24, 2.45) is 0 Å². The molecule has 3 rings (SSSR count). The standard InChI is InChI=1S/C13H13N4/c14-9-11-1-3-12(4-2-11)10-16-7-8-17-13(16)5-6-15-17/h1-6,14H,7-8,10H2. The molecule has 0 bridgehead atoms. The van der Waals surface area contributed by atoms with Gasteiger partial charge in [0.2, 0.25) is 0 Å². The van der Waals surface area contributed by atoms with Crippen LogP contribution in [0.3, 0.4) is 0 Å². The van der Waals surface area contributed by atoms with Crippen molar-refractivity contribution in [1.82, 2.24) is 9.78 Å². The van der Waals surface area contributed by atoms with Crippen LogP contribution < -0.4 is 4.90 Å². The molecule has 0 unspecified atom stereocenters. The maximum atomic E-state index is 7.04. The second-order valence-electron chi connectivity index (χ2n) is 4.16. The van der Waals surface area contributed by atoms with Crippen LogP contribution in [0.25, 0.3) is 0 Å². The Morgan fingerprint density at radius 1 is 1.18 bits per heavy atom. The molecule has 0 aliphatic carbocycles. The van der Waals surface area contributed by atoms with Gasteiger partial charge in [-0.25, -0.2) is 4.68 Å². The lowest BCUT2D eigenvalue weighted by Crippen LogP contribution is -2.19. The highest BCUT2D eigenvalue weighted by molar-refractivity contribution is 5.76. The summed E-state index contributed by atoms with van der Waals surface area (Å²) in [7, 11) is 0. The van der Waals surface area contributed by atoms with Crippen molar-refractivity contribution < 1.29 is 0 Å². The lowest BCUT2D eigenvalue weighted by atomic mass is 10.1. The Morgan fingerprint density at radius 3 is 2.76 bits per heavy atom. The van der Waals surface area contributed by atoms with Gasteiger partial charge in [0.15, 0.2) is 0 Å². The third-order valence-electron chi connectivity index (χ3n) is 3.07. The Hall–Kier alpha value is -2.10. The summed E-state index contributed by atoms with van der Waals surface area (Å²) in [4.78, 5) is 2.32. The minimum atomic E-state index is 0.820. The van der Waals surface area contributed by atoms with E-state index in [9.17, 15) is 0 Å². The summed E-state index contributed by atoms with van der Waals surface area (Å²) in [5.74, 6) is 1.19. The maximum absolute atomic E-state index is 7.04. The normalized spacial score (nSPS) is 13.8. The smallest absolute Gasteiger partial charge is 0.127 e. The van der Waals surface area contributed by atoms with Crippen LogP contribution in [0, 0.1) is 5.41 Å². The third-order valence-corrected chi connectivity index (χ3v) is 3.07. The molecule has 85 valence electrons. The van der Waals surface area contributed by atoms with E-state index in [-0.39, 0.29) is 0 Å². The summed E-state index contributed by atoms with van der Waals surface area (Å²) in [6, 6.07) is 10.0. The van der Waals surface area contributed by atoms with E-state index in [4.69, 9.17) is 5.41 Å². The number of hydrogen-bond acceptors (Lipinski definition) is 3. The van der Waals surface area contributed by atoms with Crippen molar-refractivity contribution in [2.75, 3.05) is 11.4 Å². The molecule has 1 aromatic carbocycles. The molecule has 0 spiro atoms. The van der Waals surface area contributed by atoms with Crippen LogP contribution in [-0.4, -0.2) is 22.5 Å². The maximum Gasteiger partial charge on any atom is 0.127 e. The van der Waals surface area contributed by atoms with Crippen LogP contribution in [0.1, 0.15) is 11.1 Å². The first kappa shape index (κ1) is 10.1. The molecule has 4 heteroatoms. The van der Waals surface area contributed by atoms with Gasteiger partial charge in [0.05, 0.1) is 19.0 Å². The molecule has 1 aliphatic heterocycles. The summed E-state index contributed by atoms with van der Waals surface area (Å²) in [5, 5.41) is 11.3. The average Bonchev–Trinajstić information content (AvgIpc) is 2.95. The fourth-order valence-corrected chi connectivity index (χ4v) is 2.17. The van der Waals surface area contributed by atoms with Crippen LogP contribution in [0.2, 0.25) is 0 Å². The predicted molar refractivity (Wildman–Crippen MR) is 66.5 cm³/mol. The molecule has 2 aromatic rings. The van der Waals surface area contributed by atoms with Crippen LogP contribution in [0.15, 0.2) is 36.5 Å². The molecule has 2 heterocycles. The van der Waals surface area contributed by atoms with E-state index in [1.54, 1.807) is 0 Å². The monoisotopic (exact) mass is 225 g/mol. The topological polar surface area (TPSA) is 44.9 Å². The predicted octanol–water partition coefficient (Wildman–Crippen LogP) is 1.78. The van der Waals surface area contributed by atoms with Gasteiger partial charge in [-0.3, -0.25) is 5.41 Å². The summed E-state index contributed by atoms with van der Waals surface area (Å²) in [6.07, 6.45) is 4.22. The molecule has 0 amide bonds. The van der Waals surface area contributed by atoms with Crippen LogP contribution in [-0.2, 0) is 13.1 Å². The van der Waals surface area contributed by atoms with E-state index in [2.05, 4.69) is 28.3 Å². The number of fused-ring (bicyclic) bond motifs is 1. The van der Waals surface area contributed by atoms with Crippen molar-refractivity contribution in [3.05, 3.63) is 47.7 Å². The first-order chi connectivity index (χ1) is 8.36. The first-order valence-electron chi connectivity index (χ1n) is 5.65. The summed E-state index contributed by atoms with van der Waals surface area (Å²) in [6.45, 7) is 2.88. The molecule has 17 heavy (non-hydrogen) atoms. The highest BCUT2D eigenvalue weighted by Gasteiger charge is 2.18. The van der Waals surface area contributed by atoms with Crippen molar-refractivity contribution in [2.45, 2.75) is 13.1 Å². The van der Waals surface area contributed by atoms with Crippen LogP contribution in [0.5, 0.6) is 0 Å². The first-order valence-corrected chi connectivity index (χ1v) is 5.65. The molecule has 0 saturated heterocycles. The molecule has 0 atom stereocenters. The van der Waals surface area contributed by atoms with Gasteiger partial charge in [0.25, 0.3) is 0 Å². The van der Waals surface area contributed by atoms with Gasteiger partial charge in [-0.1, -0.05) is 24.3 Å². The fraction of sp³-hybridized carbons (Fsp3) is 0.231. The van der Waals surface area contributed by atoms with E-state index >= 15 is 0 Å². The van der Waals surface area contributed by atoms with Gasteiger partial charge in [-0.15, -0.1) is 0 Å². The van der Waals surface area contributed by atoms with E-state index in [0.717, 1.165) is 25.2 Å². The quantitative estimate of drug-likeness (QED) is 0.809. The number of hydrogen-bond donors (Lipinski definition) is 1. The number of aromatic nitrogens is 2. The van der Waals surface area contributed by atoms with Crippen LogP contribution >= 0.6 is 0 Å². The Bertz CT molecular complexity index is 527. The zero-order valence-electron chi connectivity index (χ0n) is 9.43. The Labute approximate surface area is 100.0 Å². The van der Waals surface area contributed by atoms with Gasteiger partial charge in [-0.05, 0) is 5.56 Å². The van der Waals surface area contributed by atoms with E-state index in [1.807, 2.05) is 29.1 Å². The number of nitrogens with zero attached hydrogens (tertiary/aromatic N) is 3. The number of nitrogens with one attached hydrogen (secondary N) is 1. The zero-order chi connectivity index (χ0) is 11.7. The summed E-state index contributed by atoms with van der Waals surface area (Å²) in [5.41, 5.74) is 2.07. The molecule has 1 radical (unpaired) electrons.